The molecule has 2 aliphatic carbocycles. The van der Waals surface area contributed by atoms with Crippen molar-refractivity contribution in [2.75, 3.05) is 0 Å². The monoisotopic (exact) mass is 803 g/mol. The van der Waals surface area contributed by atoms with E-state index in [0.717, 1.165) is 60.6 Å². The van der Waals surface area contributed by atoms with Gasteiger partial charge in [0.15, 0.2) is 17.5 Å². The molecule has 12 aromatic rings. The summed E-state index contributed by atoms with van der Waals surface area (Å²) in [6.45, 7) is 0. The summed E-state index contributed by atoms with van der Waals surface area (Å²) in [6.07, 6.45) is 0. The van der Waals surface area contributed by atoms with Crippen LogP contribution in [0.4, 0.5) is 0 Å². The van der Waals surface area contributed by atoms with E-state index >= 15 is 0 Å². The van der Waals surface area contributed by atoms with Crippen LogP contribution in [0.25, 0.3) is 111 Å². The number of rotatable bonds is 3. The maximum Gasteiger partial charge on any atom is 0.164 e. The van der Waals surface area contributed by atoms with Crippen molar-refractivity contribution >= 4 is 43.9 Å². The molecule has 0 radical (unpaired) electrons. The SMILES string of the molecule is c1ccc2c(c1)-c1ccccc1C1(c3cc(-c4nc(-c5ccc6oc7ccccc7c6c5)nc(-c5cccc6oc7ccccc7c56)n4)ccc3-2)c2ccccc2-c2ccccc21. The first kappa shape index (κ1) is 34.3. The molecule has 0 amide bonds. The Morgan fingerprint density at radius 3 is 1.41 bits per heavy atom. The van der Waals surface area contributed by atoms with E-state index in [4.69, 9.17) is 23.8 Å². The molecule has 5 nitrogen and oxygen atoms in total. The van der Waals surface area contributed by atoms with E-state index in [-0.39, 0.29) is 0 Å². The van der Waals surface area contributed by atoms with Crippen molar-refractivity contribution in [1.82, 2.24) is 15.0 Å². The molecular formula is C58H33N3O2. The Morgan fingerprint density at radius 1 is 0.286 bits per heavy atom. The van der Waals surface area contributed by atoms with Gasteiger partial charge in [-0.15, -0.1) is 0 Å². The molecule has 0 atom stereocenters. The molecule has 292 valence electrons. The van der Waals surface area contributed by atoms with Gasteiger partial charge in [0.1, 0.15) is 22.3 Å². The second-order valence-corrected chi connectivity index (χ2v) is 16.6. The first-order valence-electron chi connectivity index (χ1n) is 21.3. The predicted octanol–water partition coefficient (Wildman–Crippen LogP) is 14.7. The standard InChI is InChI=1S/C58H33N3O2/c1-2-15-37-36(14-1)38-16-3-8-22-46(38)58(47-23-9-4-17-39(47)40-18-5-10-24-48(40)58)49-33-35(28-30-41(37)49)56-59-55(34-29-31-52-45(32-34)42-19-6-11-25-50(42)62-52)60-57(61-56)44-21-13-27-53-54(44)43-20-7-12-26-51(43)63-53/h1-33H. The van der Waals surface area contributed by atoms with Crippen molar-refractivity contribution in [1.29, 1.82) is 0 Å². The van der Waals surface area contributed by atoms with Gasteiger partial charge in [0.05, 0.1) is 5.41 Å². The number of aromatic nitrogens is 3. The lowest BCUT2D eigenvalue weighted by Gasteiger charge is -2.35. The number of fused-ring (bicyclic) bond motifs is 18. The van der Waals surface area contributed by atoms with Crippen molar-refractivity contribution in [2.45, 2.75) is 5.41 Å². The zero-order chi connectivity index (χ0) is 41.2. The molecular weight excluding hydrogens is 771 g/mol. The minimum atomic E-state index is -0.637. The van der Waals surface area contributed by atoms with E-state index in [9.17, 15) is 0 Å². The Hall–Kier alpha value is -8.41. The van der Waals surface area contributed by atoms with Gasteiger partial charge in [-0.3, -0.25) is 0 Å². The zero-order valence-electron chi connectivity index (χ0n) is 33.7. The summed E-state index contributed by atoms with van der Waals surface area (Å²) in [5.41, 5.74) is 17.6. The molecule has 3 aromatic heterocycles. The van der Waals surface area contributed by atoms with Crippen LogP contribution in [0.1, 0.15) is 22.3 Å². The number of benzene rings is 9. The highest BCUT2D eigenvalue weighted by Crippen LogP contribution is 2.61. The highest BCUT2D eigenvalue weighted by molar-refractivity contribution is 6.12. The van der Waals surface area contributed by atoms with Crippen LogP contribution in [-0.4, -0.2) is 15.0 Å². The average molecular weight is 804 g/mol. The van der Waals surface area contributed by atoms with E-state index in [2.05, 4.69) is 140 Å². The summed E-state index contributed by atoms with van der Waals surface area (Å²) in [7, 11) is 0. The van der Waals surface area contributed by atoms with Gasteiger partial charge < -0.3 is 8.83 Å². The number of hydrogen-bond acceptors (Lipinski definition) is 5. The topological polar surface area (TPSA) is 65.0 Å². The second-order valence-electron chi connectivity index (χ2n) is 16.6. The first-order valence-corrected chi connectivity index (χ1v) is 21.3. The van der Waals surface area contributed by atoms with Crippen LogP contribution in [0.15, 0.2) is 209 Å². The molecule has 0 aliphatic heterocycles. The third kappa shape index (κ3) is 4.73. The summed E-state index contributed by atoms with van der Waals surface area (Å²) in [4.78, 5) is 16.1. The summed E-state index contributed by atoms with van der Waals surface area (Å²) >= 11 is 0. The van der Waals surface area contributed by atoms with Gasteiger partial charge in [-0.1, -0.05) is 158 Å². The molecule has 0 bridgehead atoms. The van der Waals surface area contributed by atoms with Gasteiger partial charge in [-0.25, -0.2) is 15.0 Å². The third-order valence-corrected chi connectivity index (χ3v) is 13.4. The predicted molar refractivity (Wildman–Crippen MR) is 252 cm³/mol. The molecule has 0 N–H and O–H groups in total. The largest absolute Gasteiger partial charge is 0.456 e. The van der Waals surface area contributed by atoms with Crippen LogP contribution in [-0.2, 0) is 5.41 Å². The maximum atomic E-state index is 6.39. The van der Waals surface area contributed by atoms with Crippen molar-refractivity contribution in [3.8, 4) is 67.5 Å². The molecule has 0 saturated carbocycles. The Balaban J connectivity index is 1.08. The molecule has 0 saturated heterocycles. The van der Waals surface area contributed by atoms with Crippen molar-refractivity contribution < 1.29 is 8.83 Å². The van der Waals surface area contributed by atoms with Crippen LogP contribution in [0, 0.1) is 0 Å². The quantitative estimate of drug-likeness (QED) is 0.178. The van der Waals surface area contributed by atoms with Crippen LogP contribution in [0.3, 0.4) is 0 Å². The van der Waals surface area contributed by atoms with Crippen LogP contribution in [0.5, 0.6) is 0 Å². The smallest absolute Gasteiger partial charge is 0.164 e. The second kappa shape index (κ2) is 12.8. The molecule has 14 rings (SSSR count). The fourth-order valence-corrected chi connectivity index (χ4v) is 10.8. The van der Waals surface area contributed by atoms with Crippen LogP contribution >= 0.6 is 0 Å². The maximum absolute atomic E-state index is 6.39. The van der Waals surface area contributed by atoms with Crippen LogP contribution < -0.4 is 0 Å². The number of nitrogens with zero attached hydrogens (tertiary/aromatic N) is 3. The van der Waals surface area contributed by atoms with Gasteiger partial charge in [0, 0.05) is 38.2 Å². The van der Waals surface area contributed by atoms with Crippen molar-refractivity contribution in [3.63, 3.8) is 0 Å². The molecule has 9 aromatic carbocycles. The fourth-order valence-electron chi connectivity index (χ4n) is 10.8. The van der Waals surface area contributed by atoms with Crippen LogP contribution in [0.2, 0.25) is 0 Å². The summed E-state index contributed by atoms with van der Waals surface area (Å²) < 4.78 is 12.6. The Morgan fingerprint density at radius 2 is 0.730 bits per heavy atom. The van der Waals surface area contributed by atoms with Crippen molar-refractivity contribution in [3.05, 3.63) is 222 Å². The normalized spacial score (nSPS) is 13.2. The lowest BCUT2D eigenvalue weighted by atomic mass is 9.65. The molecule has 1 spiro atoms. The number of hydrogen-bond donors (Lipinski definition) is 0. The highest BCUT2D eigenvalue weighted by Gasteiger charge is 2.49. The van der Waals surface area contributed by atoms with Gasteiger partial charge >= 0.3 is 0 Å². The first-order chi connectivity index (χ1) is 31.2. The molecule has 63 heavy (non-hydrogen) atoms. The fraction of sp³-hybridized carbons (Fsp3) is 0.0172. The van der Waals surface area contributed by atoms with E-state index in [0.29, 0.717) is 17.5 Å². The minimum Gasteiger partial charge on any atom is -0.456 e. The van der Waals surface area contributed by atoms with E-state index in [1.165, 1.54) is 55.6 Å². The van der Waals surface area contributed by atoms with E-state index in [1.807, 2.05) is 60.7 Å². The molecule has 2 aliphatic rings. The highest BCUT2D eigenvalue weighted by atomic mass is 16.3. The lowest BCUT2D eigenvalue weighted by Crippen LogP contribution is -2.29. The Bertz CT molecular complexity index is 3850. The molecule has 3 heterocycles. The lowest BCUT2D eigenvalue weighted by molar-refractivity contribution is 0.668. The Kier molecular flexibility index (Phi) is 6.97. The summed E-state index contributed by atoms with van der Waals surface area (Å²) in [6, 6.07) is 71.2. The van der Waals surface area contributed by atoms with Gasteiger partial charge in [-0.05, 0) is 98.1 Å². The van der Waals surface area contributed by atoms with Gasteiger partial charge in [0.25, 0.3) is 0 Å². The van der Waals surface area contributed by atoms with Gasteiger partial charge in [0.2, 0.25) is 0 Å². The number of para-hydroxylation sites is 2. The zero-order valence-corrected chi connectivity index (χ0v) is 33.7. The van der Waals surface area contributed by atoms with E-state index in [1.54, 1.807) is 0 Å². The van der Waals surface area contributed by atoms with E-state index < -0.39 is 5.41 Å². The van der Waals surface area contributed by atoms with Crippen molar-refractivity contribution in [2.24, 2.45) is 0 Å². The van der Waals surface area contributed by atoms with Gasteiger partial charge in [-0.2, -0.15) is 0 Å². The molecule has 0 fully saturated rings. The average Bonchev–Trinajstić information content (AvgIpc) is 4.00. The molecule has 0 unspecified atom stereocenters. The summed E-state index contributed by atoms with van der Waals surface area (Å²) in [5.74, 6) is 1.73. The minimum absolute atomic E-state index is 0.571. The molecule has 5 heteroatoms. The third-order valence-electron chi connectivity index (χ3n) is 13.4. The summed E-state index contributed by atoms with van der Waals surface area (Å²) in [5, 5.41) is 4.05. The number of furan rings is 2. The Labute approximate surface area is 361 Å².